The van der Waals surface area contributed by atoms with Gasteiger partial charge in [0.15, 0.2) is 0 Å². The van der Waals surface area contributed by atoms with Gasteiger partial charge in [0.1, 0.15) is 0 Å². The van der Waals surface area contributed by atoms with E-state index in [-0.39, 0.29) is 23.3 Å². The standard InChI is InChI=1S/C19H19ClN4O3/c1-10(2)9-24-17(25)13-5-3-11(7-14(13)18(24)26)22-19(27)23-12-4-6-16(21)15(20)8-12/h3-8,10H,9,21H2,1-2H3,(H2,22,23,27). The Morgan fingerprint density at radius 2 is 1.63 bits per heavy atom. The molecule has 0 saturated heterocycles. The molecule has 0 spiro atoms. The van der Waals surface area contributed by atoms with Crippen LogP contribution in [0.5, 0.6) is 0 Å². The number of carbonyl (C=O) groups is 3. The SMILES string of the molecule is CC(C)CN1C(=O)c2ccc(NC(=O)Nc3ccc(N)c(Cl)c3)cc2C1=O. The third-order valence-corrected chi connectivity index (χ3v) is 4.36. The van der Waals surface area contributed by atoms with Crippen molar-refractivity contribution in [3.05, 3.63) is 52.5 Å². The Labute approximate surface area is 161 Å². The molecule has 0 fully saturated rings. The number of imide groups is 1. The fraction of sp³-hybridized carbons (Fsp3) is 0.211. The average Bonchev–Trinajstić information content (AvgIpc) is 2.82. The second-order valence-electron chi connectivity index (χ2n) is 6.69. The minimum Gasteiger partial charge on any atom is -0.398 e. The van der Waals surface area contributed by atoms with E-state index in [0.29, 0.717) is 34.2 Å². The molecule has 8 heteroatoms. The van der Waals surface area contributed by atoms with Gasteiger partial charge in [-0.05, 0) is 42.3 Å². The van der Waals surface area contributed by atoms with Gasteiger partial charge in [-0.3, -0.25) is 14.5 Å². The van der Waals surface area contributed by atoms with Gasteiger partial charge in [0.05, 0.1) is 21.8 Å². The van der Waals surface area contributed by atoms with E-state index >= 15 is 0 Å². The zero-order chi connectivity index (χ0) is 19.7. The second kappa shape index (κ2) is 7.28. The van der Waals surface area contributed by atoms with Crippen LogP contribution in [0.25, 0.3) is 0 Å². The van der Waals surface area contributed by atoms with Gasteiger partial charge in [-0.2, -0.15) is 0 Å². The van der Waals surface area contributed by atoms with Gasteiger partial charge in [0.2, 0.25) is 0 Å². The molecule has 0 aliphatic carbocycles. The Morgan fingerprint density at radius 3 is 2.26 bits per heavy atom. The summed E-state index contributed by atoms with van der Waals surface area (Å²) in [6.07, 6.45) is 0. The number of nitrogens with zero attached hydrogens (tertiary/aromatic N) is 1. The molecule has 0 aromatic heterocycles. The highest BCUT2D eigenvalue weighted by Gasteiger charge is 2.35. The number of halogens is 1. The van der Waals surface area contributed by atoms with Crippen LogP contribution < -0.4 is 16.4 Å². The Balaban J connectivity index is 1.74. The van der Waals surface area contributed by atoms with Gasteiger partial charge in [-0.1, -0.05) is 25.4 Å². The van der Waals surface area contributed by atoms with Crippen LogP contribution in [0.15, 0.2) is 36.4 Å². The molecule has 2 aromatic carbocycles. The lowest BCUT2D eigenvalue weighted by Gasteiger charge is -2.15. The summed E-state index contributed by atoms with van der Waals surface area (Å²) in [6.45, 7) is 4.22. The summed E-state index contributed by atoms with van der Waals surface area (Å²) < 4.78 is 0. The topological polar surface area (TPSA) is 105 Å². The summed E-state index contributed by atoms with van der Waals surface area (Å²) >= 11 is 5.93. The number of rotatable bonds is 4. The molecule has 0 atom stereocenters. The number of fused-ring (bicyclic) bond motifs is 1. The quantitative estimate of drug-likeness (QED) is 0.548. The maximum atomic E-state index is 12.5. The first kappa shape index (κ1) is 18.7. The number of benzene rings is 2. The van der Waals surface area contributed by atoms with E-state index in [1.807, 2.05) is 13.8 Å². The largest absolute Gasteiger partial charge is 0.398 e. The van der Waals surface area contributed by atoms with Crippen molar-refractivity contribution in [1.29, 1.82) is 0 Å². The summed E-state index contributed by atoms with van der Waals surface area (Å²) in [5.41, 5.74) is 7.56. The van der Waals surface area contributed by atoms with E-state index < -0.39 is 6.03 Å². The summed E-state index contributed by atoms with van der Waals surface area (Å²) in [7, 11) is 0. The number of anilines is 3. The van der Waals surface area contributed by atoms with Crippen LogP contribution in [0.4, 0.5) is 21.9 Å². The summed E-state index contributed by atoms with van der Waals surface area (Å²) in [5.74, 6) is -0.489. The van der Waals surface area contributed by atoms with E-state index in [9.17, 15) is 14.4 Å². The second-order valence-corrected chi connectivity index (χ2v) is 7.10. The molecule has 0 saturated carbocycles. The summed E-state index contributed by atoms with van der Waals surface area (Å²) in [6, 6.07) is 8.86. The van der Waals surface area contributed by atoms with Crippen LogP contribution in [0.3, 0.4) is 0 Å². The highest BCUT2D eigenvalue weighted by Crippen LogP contribution is 2.27. The van der Waals surface area contributed by atoms with Crippen molar-refractivity contribution in [3.63, 3.8) is 0 Å². The van der Waals surface area contributed by atoms with Crippen LogP contribution in [0.2, 0.25) is 5.02 Å². The minimum absolute atomic E-state index is 0.169. The van der Waals surface area contributed by atoms with Gasteiger partial charge < -0.3 is 16.4 Å². The minimum atomic E-state index is -0.508. The van der Waals surface area contributed by atoms with Crippen LogP contribution in [0.1, 0.15) is 34.6 Å². The van der Waals surface area contributed by atoms with Crippen molar-refractivity contribution in [2.45, 2.75) is 13.8 Å². The van der Waals surface area contributed by atoms with Crippen LogP contribution >= 0.6 is 11.6 Å². The molecule has 0 unspecified atom stereocenters. The van der Waals surface area contributed by atoms with E-state index in [1.54, 1.807) is 24.3 Å². The first-order valence-electron chi connectivity index (χ1n) is 8.39. The van der Waals surface area contributed by atoms with Crippen LogP contribution in [0, 0.1) is 5.92 Å². The van der Waals surface area contributed by atoms with Crippen LogP contribution in [-0.2, 0) is 0 Å². The molecule has 4 amide bonds. The highest BCUT2D eigenvalue weighted by molar-refractivity contribution is 6.33. The Kier molecular flexibility index (Phi) is 5.05. The van der Waals surface area contributed by atoms with E-state index in [2.05, 4.69) is 10.6 Å². The Morgan fingerprint density at radius 1 is 1.04 bits per heavy atom. The number of urea groups is 1. The predicted molar refractivity (Wildman–Crippen MR) is 105 cm³/mol. The number of nitrogen functional groups attached to an aromatic ring is 1. The maximum Gasteiger partial charge on any atom is 0.323 e. The van der Waals surface area contributed by atoms with Crippen molar-refractivity contribution in [3.8, 4) is 0 Å². The highest BCUT2D eigenvalue weighted by atomic mass is 35.5. The average molecular weight is 387 g/mol. The first-order chi connectivity index (χ1) is 12.8. The molecule has 3 rings (SSSR count). The number of hydrogen-bond acceptors (Lipinski definition) is 4. The Hall–Kier alpha value is -3.06. The van der Waals surface area contributed by atoms with Gasteiger partial charge in [-0.15, -0.1) is 0 Å². The molecule has 1 heterocycles. The van der Waals surface area contributed by atoms with E-state index in [0.717, 1.165) is 0 Å². The number of nitrogens with two attached hydrogens (primary N) is 1. The predicted octanol–water partition coefficient (Wildman–Crippen LogP) is 3.82. The molecular formula is C19H19ClN4O3. The lowest BCUT2D eigenvalue weighted by atomic mass is 10.1. The number of carbonyl (C=O) groups excluding carboxylic acids is 3. The first-order valence-corrected chi connectivity index (χ1v) is 8.77. The third-order valence-electron chi connectivity index (χ3n) is 4.03. The summed E-state index contributed by atoms with van der Waals surface area (Å²) in [5, 5.41) is 5.60. The van der Waals surface area contributed by atoms with E-state index in [4.69, 9.17) is 17.3 Å². The van der Waals surface area contributed by atoms with Gasteiger partial charge in [0.25, 0.3) is 11.8 Å². The summed E-state index contributed by atoms with van der Waals surface area (Å²) in [4.78, 5) is 38.3. The molecule has 27 heavy (non-hydrogen) atoms. The van der Waals surface area contributed by atoms with Crippen molar-refractivity contribution < 1.29 is 14.4 Å². The third kappa shape index (κ3) is 3.88. The number of hydrogen-bond donors (Lipinski definition) is 3. The lowest BCUT2D eigenvalue weighted by Crippen LogP contribution is -2.33. The molecule has 140 valence electrons. The Bertz CT molecular complexity index is 943. The number of amides is 4. The molecule has 0 radical (unpaired) electrons. The molecule has 2 aromatic rings. The van der Waals surface area contributed by atoms with Gasteiger partial charge in [-0.25, -0.2) is 4.79 Å². The van der Waals surface area contributed by atoms with Crippen molar-refractivity contribution >= 4 is 46.5 Å². The van der Waals surface area contributed by atoms with Crippen molar-refractivity contribution in [2.75, 3.05) is 22.9 Å². The van der Waals surface area contributed by atoms with Crippen LogP contribution in [-0.4, -0.2) is 29.3 Å². The van der Waals surface area contributed by atoms with Gasteiger partial charge >= 0.3 is 6.03 Å². The van der Waals surface area contributed by atoms with Crippen molar-refractivity contribution in [1.82, 2.24) is 4.90 Å². The molecule has 1 aliphatic heterocycles. The molecule has 4 N–H and O–H groups in total. The fourth-order valence-corrected chi connectivity index (χ4v) is 2.98. The van der Waals surface area contributed by atoms with E-state index in [1.165, 1.54) is 17.0 Å². The van der Waals surface area contributed by atoms with Gasteiger partial charge in [0, 0.05) is 17.9 Å². The molecule has 7 nitrogen and oxygen atoms in total. The lowest BCUT2D eigenvalue weighted by molar-refractivity contribution is 0.0636. The molecular weight excluding hydrogens is 368 g/mol. The smallest absolute Gasteiger partial charge is 0.323 e. The fourth-order valence-electron chi connectivity index (χ4n) is 2.80. The monoisotopic (exact) mass is 386 g/mol. The molecule has 1 aliphatic rings. The molecule has 0 bridgehead atoms. The zero-order valence-corrected chi connectivity index (χ0v) is 15.6. The maximum absolute atomic E-state index is 12.5. The number of nitrogens with one attached hydrogen (secondary N) is 2. The normalized spacial score (nSPS) is 13.1. The zero-order valence-electron chi connectivity index (χ0n) is 14.9. The van der Waals surface area contributed by atoms with Crippen molar-refractivity contribution in [2.24, 2.45) is 5.92 Å².